The fourth-order valence-electron chi connectivity index (χ4n) is 3.07. The van der Waals surface area contributed by atoms with Crippen molar-refractivity contribution in [3.8, 4) is 0 Å². The zero-order chi connectivity index (χ0) is 20.5. The average Bonchev–Trinajstić information content (AvgIpc) is 3.26. The van der Waals surface area contributed by atoms with Crippen LogP contribution in [0.2, 0.25) is 5.02 Å². The van der Waals surface area contributed by atoms with Crippen molar-refractivity contribution in [2.24, 2.45) is 5.10 Å². The Hall–Kier alpha value is -2.42. The standard InChI is InChI=1S/C20H13BrClN3O3S/c21-13-5-1-11(2-6-13)15-9-16(12-3-7-14(22)8-4-12)25(24-15)18(26)10-17-19(27)23-20(28)29-17/h1-8,10,16H,9H2,(H,23,27,28)/b17-10-. The van der Waals surface area contributed by atoms with E-state index in [1.54, 1.807) is 12.1 Å². The summed E-state index contributed by atoms with van der Waals surface area (Å²) < 4.78 is 0.945. The van der Waals surface area contributed by atoms with Crippen LogP contribution in [0.5, 0.6) is 0 Å². The predicted molar refractivity (Wildman–Crippen MR) is 116 cm³/mol. The number of rotatable bonds is 3. The van der Waals surface area contributed by atoms with Gasteiger partial charge in [-0.15, -0.1) is 0 Å². The molecule has 2 aliphatic heterocycles. The molecule has 4 rings (SSSR count). The maximum atomic E-state index is 12.9. The Morgan fingerprint density at radius 1 is 1.17 bits per heavy atom. The van der Waals surface area contributed by atoms with Gasteiger partial charge in [0.2, 0.25) is 0 Å². The lowest BCUT2D eigenvalue weighted by Crippen LogP contribution is -2.26. The van der Waals surface area contributed by atoms with Gasteiger partial charge in [0.05, 0.1) is 16.7 Å². The Labute approximate surface area is 184 Å². The molecule has 0 spiro atoms. The van der Waals surface area contributed by atoms with Crippen LogP contribution in [-0.4, -0.2) is 27.8 Å². The molecule has 2 aromatic carbocycles. The number of amides is 3. The third-order valence-electron chi connectivity index (χ3n) is 4.46. The van der Waals surface area contributed by atoms with Crippen molar-refractivity contribution >= 4 is 62.1 Å². The summed E-state index contributed by atoms with van der Waals surface area (Å²) in [6, 6.07) is 14.5. The second kappa shape index (κ2) is 8.14. The first-order valence-corrected chi connectivity index (χ1v) is 10.6. The van der Waals surface area contributed by atoms with E-state index in [9.17, 15) is 14.4 Å². The summed E-state index contributed by atoms with van der Waals surface area (Å²) in [5.41, 5.74) is 2.53. The number of nitrogens with one attached hydrogen (secondary N) is 1. The van der Waals surface area contributed by atoms with E-state index >= 15 is 0 Å². The van der Waals surface area contributed by atoms with Gasteiger partial charge in [0.1, 0.15) is 0 Å². The summed E-state index contributed by atoms with van der Waals surface area (Å²) >= 11 is 10.1. The van der Waals surface area contributed by atoms with Gasteiger partial charge in [0, 0.05) is 22.0 Å². The number of carbonyl (C=O) groups is 3. The average molecular weight is 491 g/mol. The molecule has 9 heteroatoms. The number of thioether (sulfide) groups is 1. The minimum absolute atomic E-state index is 0.0575. The number of hydrazone groups is 1. The maximum Gasteiger partial charge on any atom is 0.290 e. The zero-order valence-corrected chi connectivity index (χ0v) is 17.9. The van der Waals surface area contributed by atoms with Gasteiger partial charge < -0.3 is 0 Å². The van der Waals surface area contributed by atoms with E-state index in [4.69, 9.17) is 11.6 Å². The number of carbonyl (C=O) groups excluding carboxylic acids is 3. The van der Waals surface area contributed by atoms with E-state index in [0.29, 0.717) is 23.2 Å². The minimum atomic E-state index is -0.576. The molecule has 3 amide bonds. The Morgan fingerprint density at radius 2 is 1.86 bits per heavy atom. The lowest BCUT2D eigenvalue weighted by Gasteiger charge is -2.21. The van der Waals surface area contributed by atoms with E-state index in [1.165, 1.54) is 5.01 Å². The van der Waals surface area contributed by atoms with E-state index in [2.05, 4.69) is 26.3 Å². The topological polar surface area (TPSA) is 78.8 Å². The highest BCUT2D eigenvalue weighted by Crippen LogP contribution is 2.34. The summed E-state index contributed by atoms with van der Waals surface area (Å²) in [6.07, 6.45) is 1.66. The van der Waals surface area contributed by atoms with Crippen molar-refractivity contribution < 1.29 is 14.4 Å². The van der Waals surface area contributed by atoms with Crippen molar-refractivity contribution in [2.45, 2.75) is 12.5 Å². The minimum Gasteiger partial charge on any atom is -0.282 e. The van der Waals surface area contributed by atoms with Crippen molar-refractivity contribution in [1.82, 2.24) is 10.3 Å². The number of hydrogen-bond acceptors (Lipinski definition) is 5. The predicted octanol–water partition coefficient (Wildman–Crippen LogP) is 4.65. The summed E-state index contributed by atoms with van der Waals surface area (Å²) in [5.74, 6) is -1.04. The molecule has 2 aliphatic rings. The first-order valence-electron chi connectivity index (χ1n) is 8.57. The number of benzene rings is 2. The molecule has 0 radical (unpaired) electrons. The first-order chi connectivity index (χ1) is 13.9. The molecule has 1 N–H and O–H groups in total. The Balaban J connectivity index is 1.69. The molecular weight excluding hydrogens is 478 g/mol. The van der Waals surface area contributed by atoms with E-state index in [0.717, 1.165) is 27.4 Å². The molecule has 0 aliphatic carbocycles. The lowest BCUT2D eigenvalue weighted by molar-refractivity contribution is -0.128. The molecular formula is C20H13BrClN3O3S. The maximum absolute atomic E-state index is 12.9. The largest absolute Gasteiger partial charge is 0.290 e. The number of nitrogens with zero attached hydrogens (tertiary/aromatic N) is 2. The molecule has 2 heterocycles. The lowest BCUT2D eigenvalue weighted by atomic mass is 9.98. The van der Waals surface area contributed by atoms with Crippen molar-refractivity contribution in [2.75, 3.05) is 0 Å². The van der Waals surface area contributed by atoms with E-state index in [1.807, 2.05) is 36.4 Å². The number of hydrogen-bond donors (Lipinski definition) is 1. The normalized spacial score (nSPS) is 20.2. The summed E-state index contributed by atoms with van der Waals surface area (Å²) in [6.45, 7) is 0. The quantitative estimate of drug-likeness (QED) is 0.636. The highest BCUT2D eigenvalue weighted by atomic mass is 79.9. The fraction of sp³-hybridized carbons (Fsp3) is 0.100. The molecule has 1 unspecified atom stereocenters. The van der Waals surface area contributed by atoms with Crippen molar-refractivity contribution in [1.29, 1.82) is 0 Å². The first kappa shape index (κ1) is 19.9. The van der Waals surface area contributed by atoms with Gasteiger partial charge in [0.15, 0.2) is 0 Å². The molecule has 1 atom stereocenters. The second-order valence-electron chi connectivity index (χ2n) is 6.36. The van der Waals surface area contributed by atoms with E-state index in [-0.39, 0.29) is 10.9 Å². The molecule has 6 nitrogen and oxygen atoms in total. The molecule has 0 saturated carbocycles. The van der Waals surface area contributed by atoms with Gasteiger partial charge in [0.25, 0.3) is 17.1 Å². The van der Waals surface area contributed by atoms with Crippen LogP contribution >= 0.6 is 39.3 Å². The van der Waals surface area contributed by atoms with Crippen LogP contribution in [0, 0.1) is 0 Å². The van der Waals surface area contributed by atoms with Gasteiger partial charge in [-0.05, 0) is 47.2 Å². The summed E-state index contributed by atoms with van der Waals surface area (Å²) in [5, 5.41) is 8.13. The van der Waals surface area contributed by atoms with E-state index < -0.39 is 17.1 Å². The second-order valence-corrected chi connectivity index (χ2v) is 8.73. The molecule has 0 bridgehead atoms. The third-order valence-corrected chi connectivity index (χ3v) is 6.06. The van der Waals surface area contributed by atoms with Gasteiger partial charge in [-0.3, -0.25) is 19.7 Å². The van der Waals surface area contributed by atoms with Gasteiger partial charge >= 0.3 is 0 Å². The zero-order valence-electron chi connectivity index (χ0n) is 14.8. The molecule has 146 valence electrons. The van der Waals surface area contributed by atoms with Crippen LogP contribution in [0.4, 0.5) is 4.79 Å². The molecule has 1 saturated heterocycles. The highest BCUT2D eigenvalue weighted by molar-refractivity contribution is 9.10. The molecule has 29 heavy (non-hydrogen) atoms. The number of imide groups is 1. The highest BCUT2D eigenvalue weighted by Gasteiger charge is 2.34. The molecule has 0 aromatic heterocycles. The van der Waals surface area contributed by atoms with Crippen LogP contribution in [0.25, 0.3) is 0 Å². The summed E-state index contributed by atoms with van der Waals surface area (Å²) in [7, 11) is 0. The Kier molecular flexibility index (Phi) is 5.58. The van der Waals surface area contributed by atoms with Crippen molar-refractivity contribution in [3.63, 3.8) is 0 Å². The Morgan fingerprint density at radius 3 is 2.48 bits per heavy atom. The monoisotopic (exact) mass is 489 g/mol. The van der Waals surface area contributed by atoms with Crippen LogP contribution in [0.3, 0.4) is 0 Å². The van der Waals surface area contributed by atoms with Gasteiger partial charge in [-0.25, -0.2) is 5.01 Å². The molecule has 1 fully saturated rings. The van der Waals surface area contributed by atoms with Gasteiger partial charge in [-0.1, -0.05) is 51.8 Å². The van der Waals surface area contributed by atoms with Crippen LogP contribution < -0.4 is 5.32 Å². The SMILES string of the molecule is O=C1NC(=O)/C(=C/C(=O)N2N=C(c3ccc(Br)cc3)CC2c2ccc(Cl)cc2)S1. The third kappa shape index (κ3) is 4.29. The van der Waals surface area contributed by atoms with Crippen LogP contribution in [-0.2, 0) is 9.59 Å². The van der Waals surface area contributed by atoms with Crippen LogP contribution in [0.15, 0.2) is 69.1 Å². The smallest absolute Gasteiger partial charge is 0.282 e. The number of halogens is 2. The molecule has 2 aromatic rings. The van der Waals surface area contributed by atoms with Crippen LogP contribution in [0.1, 0.15) is 23.6 Å². The summed E-state index contributed by atoms with van der Waals surface area (Å²) in [4.78, 5) is 36.2. The van der Waals surface area contributed by atoms with Crippen molar-refractivity contribution in [3.05, 3.63) is 80.1 Å². The fourth-order valence-corrected chi connectivity index (χ4v) is 4.11. The Bertz CT molecular complexity index is 1070. The van der Waals surface area contributed by atoms with Gasteiger partial charge in [-0.2, -0.15) is 5.10 Å².